The molecule has 1 saturated heterocycles. The molecule has 0 aliphatic carbocycles. The van der Waals surface area contributed by atoms with E-state index in [4.69, 9.17) is 5.73 Å². The molecule has 1 aliphatic heterocycles. The number of amides is 2. The fraction of sp³-hybridized carbons (Fsp3) is 0.538. The van der Waals surface area contributed by atoms with Crippen LogP contribution in [0.3, 0.4) is 0 Å². The maximum Gasteiger partial charge on any atom is 0.246 e. The molecule has 110 valence electrons. The first-order chi connectivity index (χ1) is 9.23. The highest BCUT2D eigenvalue weighted by Crippen LogP contribution is 2.36. The largest absolute Gasteiger partial charge is 0.326 e. The number of halogens is 1. The van der Waals surface area contributed by atoms with Gasteiger partial charge in [0, 0.05) is 10.9 Å². The maximum atomic E-state index is 12.1. The fourth-order valence-corrected chi connectivity index (χ4v) is 4.08. The topological polar surface area (TPSA) is 75.4 Å². The van der Waals surface area contributed by atoms with Crippen LogP contribution in [0.2, 0.25) is 0 Å². The highest BCUT2D eigenvalue weighted by Gasteiger charge is 2.45. The molecule has 1 fully saturated rings. The summed E-state index contributed by atoms with van der Waals surface area (Å²) in [4.78, 5) is 26.7. The number of imide groups is 1. The van der Waals surface area contributed by atoms with Gasteiger partial charge >= 0.3 is 0 Å². The zero-order chi connectivity index (χ0) is 15.1. The Kier molecular flexibility index (Phi) is 4.34. The summed E-state index contributed by atoms with van der Waals surface area (Å²) in [6.07, 6.45) is 0. The first kappa shape index (κ1) is 15.6. The van der Waals surface area contributed by atoms with Crippen LogP contribution in [0, 0.1) is 0 Å². The van der Waals surface area contributed by atoms with Crippen LogP contribution in [0.4, 0.5) is 0 Å². The number of hydrogen-bond donors (Lipinski definition) is 2. The molecular formula is C13H18BrN3O2S. The van der Waals surface area contributed by atoms with Gasteiger partial charge in [0.05, 0.1) is 21.9 Å². The predicted octanol–water partition coefficient (Wildman–Crippen LogP) is 1.64. The van der Waals surface area contributed by atoms with Crippen molar-refractivity contribution < 1.29 is 9.59 Å². The van der Waals surface area contributed by atoms with E-state index >= 15 is 0 Å². The van der Waals surface area contributed by atoms with Crippen molar-refractivity contribution in [3.8, 4) is 0 Å². The van der Waals surface area contributed by atoms with Crippen molar-refractivity contribution in [2.24, 2.45) is 5.73 Å². The maximum absolute atomic E-state index is 12.1. The van der Waals surface area contributed by atoms with Gasteiger partial charge in [-0.1, -0.05) is 0 Å². The van der Waals surface area contributed by atoms with Crippen molar-refractivity contribution in [2.75, 3.05) is 6.54 Å². The van der Waals surface area contributed by atoms with Crippen molar-refractivity contribution in [2.45, 2.75) is 38.4 Å². The Labute approximate surface area is 130 Å². The normalized spacial score (nSPS) is 22.4. The van der Waals surface area contributed by atoms with Crippen LogP contribution in [0.5, 0.6) is 0 Å². The molecule has 5 nitrogen and oxygen atoms in total. The molecule has 0 bridgehead atoms. The van der Waals surface area contributed by atoms with Gasteiger partial charge in [-0.25, -0.2) is 0 Å². The van der Waals surface area contributed by atoms with E-state index in [9.17, 15) is 9.59 Å². The number of nitrogens with one attached hydrogen (secondary N) is 1. The molecule has 0 radical (unpaired) electrons. The summed E-state index contributed by atoms with van der Waals surface area (Å²) in [5, 5.41) is 2.38. The van der Waals surface area contributed by atoms with Crippen molar-refractivity contribution in [3.63, 3.8) is 0 Å². The van der Waals surface area contributed by atoms with Crippen molar-refractivity contribution in [1.82, 2.24) is 10.2 Å². The molecular weight excluding hydrogens is 342 g/mol. The first-order valence-electron chi connectivity index (χ1n) is 6.35. The third kappa shape index (κ3) is 2.81. The van der Waals surface area contributed by atoms with Gasteiger partial charge in [0.15, 0.2) is 0 Å². The van der Waals surface area contributed by atoms with Crippen LogP contribution in [-0.2, 0) is 9.59 Å². The zero-order valence-electron chi connectivity index (χ0n) is 11.6. The van der Waals surface area contributed by atoms with Gasteiger partial charge in [0.1, 0.15) is 0 Å². The van der Waals surface area contributed by atoms with Crippen LogP contribution < -0.4 is 11.1 Å². The Bertz CT molecular complexity index is 541. The smallest absolute Gasteiger partial charge is 0.246 e. The second kappa shape index (κ2) is 5.55. The minimum atomic E-state index is -0.775. The molecule has 1 aliphatic rings. The summed E-state index contributed by atoms with van der Waals surface area (Å²) in [5.41, 5.74) is 5.35. The predicted molar refractivity (Wildman–Crippen MR) is 82.3 cm³/mol. The van der Waals surface area contributed by atoms with E-state index in [1.807, 2.05) is 37.8 Å². The van der Waals surface area contributed by atoms with Crippen LogP contribution in [0.1, 0.15) is 31.7 Å². The van der Waals surface area contributed by atoms with Crippen LogP contribution in [0.15, 0.2) is 15.9 Å². The molecule has 3 N–H and O–H groups in total. The molecule has 20 heavy (non-hydrogen) atoms. The van der Waals surface area contributed by atoms with E-state index in [1.165, 1.54) is 0 Å². The minimum absolute atomic E-state index is 0.167. The summed E-state index contributed by atoms with van der Waals surface area (Å²) in [6, 6.07) is 3.57. The van der Waals surface area contributed by atoms with E-state index < -0.39 is 5.54 Å². The number of carbonyl (C=O) groups is 2. The molecule has 1 aromatic rings. The molecule has 1 aromatic heterocycles. The molecule has 2 amide bonds. The number of hydrogen-bond acceptors (Lipinski definition) is 5. The summed E-state index contributed by atoms with van der Waals surface area (Å²) in [5.74, 6) is -0.564. The lowest BCUT2D eigenvalue weighted by Gasteiger charge is -2.45. The fourth-order valence-electron chi connectivity index (χ4n) is 2.43. The molecule has 2 atom stereocenters. The molecule has 7 heteroatoms. The van der Waals surface area contributed by atoms with Gasteiger partial charge in [-0.05, 0) is 48.8 Å². The number of nitrogens with two attached hydrogens (primary N) is 1. The lowest BCUT2D eigenvalue weighted by Crippen LogP contribution is -2.66. The Morgan fingerprint density at radius 1 is 1.45 bits per heavy atom. The standard InChI is InChI=1S/C13H18BrN3O2S/c1-7(15)11(8-4-5-9(14)20-8)17-6-10(18)16-12(19)13(17,2)3/h4-5,7,11H,6,15H2,1-3H3,(H,16,18,19). The highest BCUT2D eigenvalue weighted by molar-refractivity contribution is 9.11. The van der Waals surface area contributed by atoms with Gasteiger partial charge in [-0.15, -0.1) is 11.3 Å². The van der Waals surface area contributed by atoms with E-state index in [0.717, 1.165) is 8.66 Å². The summed E-state index contributed by atoms with van der Waals surface area (Å²) >= 11 is 5.01. The average molecular weight is 360 g/mol. The van der Waals surface area contributed by atoms with Crippen molar-refractivity contribution >= 4 is 39.1 Å². The molecule has 0 saturated carbocycles. The van der Waals surface area contributed by atoms with Crippen LogP contribution in [0.25, 0.3) is 0 Å². The number of nitrogens with zero attached hydrogens (tertiary/aromatic N) is 1. The van der Waals surface area contributed by atoms with Gasteiger partial charge in [0.25, 0.3) is 0 Å². The Morgan fingerprint density at radius 2 is 2.10 bits per heavy atom. The van der Waals surface area contributed by atoms with E-state index in [-0.39, 0.29) is 30.4 Å². The van der Waals surface area contributed by atoms with E-state index in [2.05, 4.69) is 21.2 Å². The number of piperazine rings is 1. The van der Waals surface area contributed by atoms with E-state index in [1.54, 1.807) is 11.3 Å². The van der Waals surface area contributed by atoms with Crippen molar-refractivity contribution in [1.29, 1.82) is 0 Å². The quantitative estimate of drug-likeness (QED) is 0.804. The number of rotatable bonds is 3. The van der Waals surface area contributed by atoms with Crippen LogP contribution >= 0.6 is 27.3 Å². The molecule has 0 spiro atoms. The molecule has 2 rings (SSSR count). The van der Waals surface area contributed by atoms with Gasteiger partial charge in [-0.3, -0.25) is 19.8 Å². The number of carbonyl (C=O) groups excluding carboxylic acids is 2. The molecule has 2 heterocycles. The Balaban J connectivity index is 2.42. The SMILES string of the molecule is CC(N)C(c1ccc(Br)s1)N1CC(=O)NC(=O)C1(C)C. The third-order valence-corrected chi connectivity index (χ3v) is 5.25. The second-order valence-corrected chi connectivity index (χ2v) is 8.00. The van der Waals surface area contributed by atoms with Crippen LogP contribution in [-0.4, -0.2) is 34.8 Å². The lowest BCUT2D eigenvalue weighted by atomic mass is 9.93. The van der Waals surface area contributed by atoms with E-state index in [0.29, 0.717) is 0 Å². The number of thiophene rings is 1. The summed E-state index contributed by atoms with van der Waals surface area (Å²) < 4.78 is 1.00. The monoisotopic (exact) mass is 359 g/mol. The summed E-state index contributed by atoms with van der Waals surface area (Å²) in [7, 11) is 0. The molecule has 0 aromatic carbocycles. The highest BCUT2D eigenvalue weighted by atomic mass is 79.9. The Hall–Kier alpha value is -0.760. The van der Waals surface area contributed by atoms with Crippen molar-refractivity contribution in [3.05, 3.63) is 20.8 Å². The van der Waals surface area contributed by atoms with Gasteiger partial charge in [0.2, 0.25) is 11.8 Å². The van der Waals surface area contributed by atoms with Gasteiger partial charge in [-0.2, -0.15) is 0 Å². The third-order valence-electron chi connectivity index (χ3n) is 3.56. The average Bonchev–Trinajstić information content (AvgIpc) is 2.72. The summed E-state index contributed by atoms with van der Waals surface area (Å²) in [6.45, 7) is 5.69. The lowest BCUT2D eigenvalue weighted by molar-refractivity contribution is -0.147. The Morgan fingerprint density at radius 3 is 2.60 bits per heavy atom. The zero-order valence-corrected chi connectivity index (χ0v) is 14.0. The van der Waals surface area contributed by atoms with Gasteiger partial charge < -0.3 is 5.73 Å². The molecule has 2 unspecified atom stereocenters. The minimum Gasteiger partial charge on any atom is -0.326 e. The second-order valence-electron chi connectivity index (χ2n) is 5.51. The first-order valence-corrected chi connectivity index (χ1v) is 7.96.